The van der Waals surface area contributed by atoms with Crippen LogP contribution in [0, 0.1) is 13.8 Å². The zero-order valence-corrected chi connectivity index (χ0v) is 9.31. The second-order valence-corrected chi connectivity index (χ2v) is 3.47. The number of rotatable bonds is 1. The fraction of sp³-hybridized carbons (Fsp3) is 0.300. The van der Waals surface area contributed by atoms with E-state index in [0.29, 0.717) is 11.3 Å². The summed E-state index contributed by atoms with van der Waals surface area (Å²) in [6, 6.07) is 0. The lowest BCUT2D eigenvalue weighted by molar-refractivity contribution is 0.0597. The molecular formula is C10H12N4O2. The Hall–Kier alpha value is -2.11. The molecule has 6 heteroatoms. The van der Waals surface area contributed by atoms with Crippen LogP contribution in [0.15, 0.2) is 6.20 Å². The van der Waals surface area contributed by atoms with Crippen LogP contribution < -0.4 is 5.73 Å². The number of carbonyl (C=O) groups excluding carboxylic acids is 1. The van der Waals surface area contributed by atoms with Gasteiger partial charge in [-0.05, 0) is 13.8 Å². The monoisotopic (exact) mass is 220 g/mol. The van der Waals surface area contributed by atoms with Crippen LogP contribution in [0.2, 0.25) is 0 Å². The SMILES string of the molecule is COC(=O)c1nc(C)n2c(C)cnc(N)c12. The number of esters is 1. The van der Waals surface area contributed by atoms with Crippen LogP contribution in [0.3, 0.4) is 0 Å². The van der Waals surface area contributed by atoms with Crippen molar-refractivity contribution in [2.45, 2.75) is 13.8 Å². The molecule has 84 valence electrons. The first-order valence-electron chi connectivity index (χ1n) is 4.74. The fourth-order valence-corrected chi connectivity index (χ4v) is 1.72. The highest BCUT2D eigenvalue weighted by Gasteiger charge is 2.19. The zero-order valence-electron chi connectivity index (χ0n) is 9.31. The highest BCUT2D eigenvalue weighted by molar-refractivity contribution is 5.98. The summed E-state index contributed by atoms with van der Waals surface area (Å²) < 4.78 is 6.44. The van der Waals surface area contributed by atoms with Crippen LogP contribution >= 0.6 is 0 Å². The molecule has 0 aromatic carbocycles. The summed E-state index contributed by atoms with van der Waals surface area (Å²) >= 11 is 0. The van der Waals surface area contributed by atoms with E-state index in [-0.39, 0.29) is 11.5 Å². The molecule has 0 aliphatic carbocycles. The molecule has 2 aromatic heterocycles. The van der Waals surface area contributed by atoms with Gasteiger partial charge in [-0.25, -0.2) is 14.8 Å². The van der Waals surface area contributed by atoms with Crippen LogP contribution in [0.25, 0.3) is 5.52 Å². The number of nitrogens with two attached hydrogens (primary N) is 1. The van der Waals surface area contributed by atoms with Crippen molar-refractivity contribution in [3.05, 3.63) is 23.4 Å². The molecule has 2 rings (SSSR count). The molecule has 0 unspecified atom stereocenters. The summed E-state index contributed by atoms with van der Waals surface area (Å²) in [5, 5.41) is 0. The number of ether oxygens (including phenoxy) is 1. The number of carbonyl (C=O) groups is 1. The van der Waals surface area contributed by atoms with Gasteiger partial charge in [0.15, 0.2) is 5.69 Å². The Kier molecular flexibility index (Phi) is 2.26. The highest BCUT2D eigenvalue weighted by Crippen LogP contribution is 2.20. The number of aromatic nitrogens is 3. The van der Waals surface area contributed by atoms with Crippen LogP contribution in [0.4, 0.5) is 5.82 Å². The van der Waals surface area contributed by atoms with E-state index in [9.17, 15) is 4.79 Å². The molecule has 2 N–H and O–H groups in total. The van der Waals surface area contributed by atoms with Crippen molar-refractivity contribution in [3.8, 4) is 0 Å². The molecule has 0 saturated heterocycles. The Balaban J connectivity index is 2.88. The molecule has 16 heavy (non-hydrogen) atoms. The molecular weight excluding hydrogens is 208 g/mol. The van der Waals surface area contributed by atoms with Gasteiger partial charge in [0.1, 0.15) is 17.2 Å². The number of anilines is 1. The van der Waals surface area contributed by atoms with Gasteiger partial charge in [0.05, 0.1) is 7.11 Å². The Morgan fingerprint density at radius 1 is 1.50 bits per heavy atom. The molecule has 0 saturated carbocycles. The third kappa shape index (κ3) is 1.30. The maximum atomic E-state index is 11.5. The van der Waals surface area contributed by atoms with Crippen LogP contribution in [-0.4, -0.2) is 27.4 Å². The first-order valence-corrected chi connectivity index (χ1v) is 4.74. The standard InChI is InChI=1S/C10H12N4O2/c1-5-4-12-9(11)8-7(10(15)16-3)13-6(2)14(5)8/h4H,1-3H3,(H2,11,12). The summed E-state index contributed by atoms with van der Waals surface area (Å²) in [7, 11) is 1.31. The van der Waals surface area contributed by atoms with Crippen molar-refractivity contribution in [2.24, 2.45) is 0 Å². The van der Waals surface area contributed by atoms with Crippen molar-refractivity contribution in [2.75, 3.05) is 12.8 Å². The van der Waals surface area contributed by atoms with Gasteiger partial charge in [-0.2, -0.15) is 0 Å². The summed E-state index contributed by atoms with van der Waals surface area (Å²) in [4.78, 5) is 19.7. The van der Waals surface area contributed by atoms with Crippen LogP contribution in [-0.2, 0) is 4.74 Å². The molecule has 0 spiro atoms. The average molecular weight is 220 g/mol. The highest BCUT2D eigenvalue weighted by atomic mass is 16.5. The molecule has 0 amide bonds. The average Bonchev–Trinajstić information content (AvgIpc) is 2.62. The summed E-state index contributed by atoms with van der Waals surface area (Å²) in [6.07, 6.45) is 1.64. The fourth-order valence-electron chi connectivity index (χ4n) is 1.72. The number of hydrogen-bond donors (Lipinski definition) is 1. The minimum atomic E-state index is -0.510. The predicted molar refractivity (Wildman–Crippen MR) is 58.2 cm³/mol. The van der Waals surface area contributed by atoms with Gasteiger partial charge in [-0.3, -0.25) is 4.40 Å². The van der Waals surface area contributed by atoms with E-state index in [1.165, 1.54) is 7.11 Å². The first-order chi connectivity index (χ1) is 7.56. The van der Waals surface area contributed by atoms with E-state index < -0.39 is 5.97 Å². The number of nitrogens with zero attached hydrogens (tertiary/aromatic N) is 3. The Labute approximate surface area is 92.1 Å². The Morgan fingerprint density at radius 3 is 2.81 bits per heavy atom. The second kappa shape index (κ2) is 3.48. The molecule has 0 radical (unpaired) electrons. The third-order valence-electron chi connectivity index (χ3n) is 2.41. The normalized spacial score (nSPS) is 10.7. The predicted octanol–water partition coefficient (Wildman–Crippen LogP) is 0.715. The lowest BCUT2D eigenvalue weighted by Gasteiger charge is -2.03. The minimum Gasteiger partial charge on any atom is -0.464 e. The van der Waals surface area contributed by atoms with Gasteiger partial charge >= 0.3 is 5.97 Å². The molecule has 2 aromatic rings. The summed E-state index contributed by atoms with van der Waals surface area (Å²) in [5.41, 5.74) is 7.32. The van der Waals surface area contributed by atoms with E-state index in [0.717, 1.165) is 5.69 Å². The third-order valence-corrected chi connectivity index (χ3v) is 2.41. The van der Waals surface area contributed by atoms with Crippen molar-refractivity contribution in [3.63, 3.8) is 0 Å². The van der Waals surface area contributed by atoms with E-state index in [1.54, 1.807) is 17.5 Å². The van der Waals surface area contributed by atoms with Crippen molar-refractivity contribution >= 4 is 17.3 Å². The minimum absolute atomic E-state index is 0.203. The van der Waals surface area contributed by atoms with Crippen molar-refractivity contribution in [1.82, 2.24) is 14.4 Å². The van der Waals surface area contributed by atoms with E-state index in [1.807, 2.05) is 6.92 Å². The van der Waals surface area contributed by atoms with Gasteiger partial charge in [-0.1, -0.05) is 0 Å². The van der Waals surface area contributed by atoms with Gasteiger partial charge in [0.2, 0.25) is 0 Å². The first kappa shape index (κ1) is 10.4. The van der Waals surface area contributed by atoms with Gasteiger partial charge < -0.3 is 10.5 Å². The molecule has 0 fully saturated rings. The van der Waals surface area contributed by atoms with E-state index in [2.05, 4.69) is 14.7 Å². The Morgan fingerprint density at radius 2 is 2.19 bits per heavy atom. The van der Waals surface area contributed by atoms with Crippen molar-refractivity contribution in [1.29, 1.82) is 0 Å². The number of imidazole rings is 1. The number of nitrogen functional groups attached to an aromatic ring is 1. The maximum absolute atomic E-state index is 11.5. The quantitative estimate of drug-likeness (QED) is 0.716. The Bertz CT molecular complexity index is 574. The van der Waals surface area contributed by atoms with E-state index in [4.69, 9.17) is 5.73 Å². The number of fused-ring (bicyclic) bond motifs is 1. The molecule has 0 atom stereocenters. The summed E-state index contributed by atoms with van der Waals surface area (Å²) in [5.74, 6) is 0.443. The second-order valence-electron chi connectivity index (χ2n) is 3.47. The molecule has 0 bridgehead atoms. The largest absolute Gasteiger partial charge is 0.464 e. The number of hydrogen-bond acceptors (Lipinski definition) is 5. The smallest absolute Gasteiger partial charge is 0.359 e. The zero-order chi connectivity index (χ0) is 11.9. The van der Waals surface area contributed by atoms with Gasteiger partial charge in [0.25, 0.3) is 0 Å². The lowest BCUT2D eigenvalue weighted by atomic mass is 10.3. The molecule has 0 aliphatic heterocycles. The van der Waals surface area contributed by atoms with Crippen LogP contribution in [0.1, 0.15) is 22.0 Å². The number of methoxy groups -OCH3 is 1. The molecule has 0 aliphatic rings. The van der Waals surface area contributed by atoms with Crippen molar-refractivity contribution < 1.29 is 9.53 Å². The lowest BCUT2D eigenvalue weighted by Crippen LogP contribution is -2.05. The summed E-state index contributed by atoms with van der Waals surface area (Å²) in [6.45, 7) is 3.67. The molecule has 2 heterocycles. The molecule has 6 nitrogen and oxygen atoms in total. The number of aryl methyl sites for hydroxylation is 2. The van der Waals surface area contributed by atoms with Crippen LogP contribution in [0.5, 0.6) is 0 Å². The topological polar surface area (TPSA) is 82.5 Å². The maximum Gasteiger partial charge on any atom is 0.359 e. The van der Waals surface area contributed by atoms with Gasteiger partial charge in [-0.15, -0.1) is 0 Å². The van der Waals surface area contributed by atoms with E-state index >= 15 is 0 Å². The van der Waals surface area contributed by atoms with Gasteiger partial charge in [0, 0.05) is 11.9 Å².